The van der Waals surface area contributed by atoms with Crippen molar-refractivity contribution in [1.82, 2.24) is 0 Å². The summed E-state index contributed by atoms with van der Waals surface area (Å²) < 4.78 is 0. The van der Waals surface area contributed by atoms with E-state index >= 15 is 0 Å². The number of allylic oxidation sites excluding steroid dienone is 3. The highest BCUT2D eigenvalue weighted by molar-refractivity contribution is 6.31. The lowest BCUT2D eigenvalue weighted by Gasteiger charge is -1.96. The Morgan fingerprint density at radius 2 is 1.92 bits per heavy atom. The van der Waals surface area contributed by atoms with Gasteiger partial charge in [0.2, 0.25) is 0 Å². The molecule has 0 saturated carbocycles. The molecule has 0 fully saturated rings. The molecule has 0 spiro atoms. The maximum Gasteiger partial charge on any atom is 0.0360 e. The topological polar surface area (TPSA) is 0 Å². The van der Waals surface area contributed by atoms with Crippen LogP contribution < -0.4 is 0 Å². The van der Waals surface area contributed by atoms with Crippen molar-refractivity contribution in [1.29, 1.82) is 0 Å². The van der Waals surface area contributed by atoms with Gasteiger partial charge in [-0.2, -0.15) is 0 Å². The van der Waals surface area contributed by atoms with Crippen LogP contribution in [0.4, 0.5) is 0 Å². The van der Waals surface area contributed by atoms with Crippen LogP contribution in [0.25, 0.3) is 0 Å². The third kappa shape index (κ3) is 7.87. The molecular weight excluding hydrogens is 168 g/mol. The van der Waals surface area contributed by atoms with Gasteiger partial charge in [-0.25, -0.2) is 0 Å². The third-order valence-electron chi connectivity index (χ3n) is 1.84. The molecule has 0 aromatic heterocycles. The molecule has 0 aliphatic heterocycles. The first-order valence-corrected chi connectivity index (χ1v) is 5.17. The van der Waals surface area contributed by atoms with Gasteiger partial charge in [0.15, 0.2) is 0 Å². The second-order valence-electron chi connectivity index (χ2n) is 3.00. The lowest BCUT2D eigenvalue weighted by Crippen LogP contribution is -1.76. The van der Waals surface area contributed by atoms with Gasteiger partial charge < -0.3 is 0 Å². The lowest BCUT2D eigenvalue weighted by atomic mass is 10.1. The average Bonchev–Trinajstić information content (AvgIpc) is 2.10. The summed E-state index contributed by atoms with van der Waals surface area (Å²) in [5, 5.41) is 0.783. The fourth-order valence-corrected chi connectivity index (χ4v) is 1.18. The fraction of sp³-hybridized carbons (Fsp3) is 0.636. The van der Waals surface area contributed by atoms with Gasteiger partial charge in [0, 0.05) is 5.03 Å². The minimum atomic E-state index is 0.783. The fourth-order valence-electron chi connectivity index (χ4n) is 1.07. The molecule has 0 atom stereocenters. The Morgan fingerprint density at radius 3 is 2.50 bits per heavy atom. The van der Waals surface area contributed by atoms with E-state index in [1.165, 1.54) is 32.1 Å². The maximum atomic E-state index is 5.75. The normalized spacial score (nSPS) is 11.7. The summed E-state index contributed by atoms with van der Waals surface area (Å²) >= 11 is 5.75. The summed E-state index contributed by atoms with van der Waals surface area (Å²) in [7, 11) is 0. The molecule has 0 nitrogen and oxygen atoms in total. The van der Waals surface area contributed by atoms with Gasteiger partial charge in [0.05, 0.1) is 0 Å². The molecule has 0 radical (unpaired) electrons. The van der Waals surface area contributed by atoms with Gasteiger partial charge in [0.1, 0.15) is 0 Å². The van der Waals surface area contributed by atoms with E-state index < -0.39 is 0 Å². The molecule has 0 heterocycles. The van der Waals surface area contributed by atoms with Gasteiger partial charge in [-0.3, -0.25) is 0 Å². The molecule has 0 N–H and O–H groups in total. The number of unbranched alkanes of at least 4 members (excludes halogenated alkanes) is 5. The first kappa shape index (κ1) is 11.8. The number of rotatable bonds is 7. The van der Waals surface area contributed by atoms with Gasteiger partial charge in [-0.05, 0) is 12.8 Å². The Balaban J connectivity index is 3.15. The van der Waals surface area contributed by atoms with Crippen LogP contribution in [-0.4, -0.2) is 0 Å². The molecule has 0 aromatic carbocycles. The molecule has 0 unspecified atom stereocenters. The van der Waals surface area contributed by atoms with E-state index in [0.717, 1.165) is 11.5 Å². The number of hydrogen-bond donors (Lipinski definition) is 0. The van der Waals surface area contributed by atoms with Crippen LogP contribution in [0.15, 0.2) is 23.8 Å². The van der Waals surface area contributed by atoms with Gasteiger partial charge in [-0.15, -0.1) is 0 Å². The molecule has 0 rings (SSSR count). The van der Waals surface area contributed by atoms with Crippen LogP contribution in [-0.2, 0) is 0 Å². The quantitative estimate of drug-likeness (QED) is 0.401. The van der Waals surface area contributed by atoms with Crippen molar-refractivity contribution in [2.24, 2.45) is 0 Å². The van der Waals surface area contributed by atoms with Crippen molar-refractivity contribution >= 4 is 11.6 Å². The molecule has 70 valence electrons. The Kier molecular flexibility index (Phi) is 8.69. The van der Waals surface area contributed by atoms with Crippen molar-refractivity contribution in [2.45, 2.75) is 45.4 Å². The molecule has 12 heavy (non-hydrogen) atoms. The second kappa shape index (κ2) is 8.86. The molecule has 0 aliphatic carbocycles. The number of halogens is 1. The van der Waals surface area contributed by atoms with Crippen molar-refractivity contribution in [2.75, 3.05) is 0 Å². The van der Waals surface area contributed by atoms with Gasteiger partial charge in [-0.1, -0.05) is 62.9 Å². The molecule has 0 bridgehead atoms. The maximum absolute atomic E-state index is 5.75. The highest BCUT2D eigenvalue weighted by atomic mass is 35.5. The molecule has 0 amide bonds. The van der Waals surface area contributed by atoms with E-state index in [1.54, 1.807) is 6.08 Å². The van der Waals surface area contributed by atoms with E-state index in [-0.39, 0.29) is 0 Å². The predicted octanol–water partition coefficient (Wildman–Crippen LogP) is 4.66. The minimum Gasteiger partial charge on any atom is -0.0976 e. The van der Waals surface area contributed by atoms with E-state index in [4.69, 9.17) is 11.6 Å². The lowest BCUT2D eigenvalue weighted by molar-refractivity contribution is 0.637. The van der Waals surface area contributed by atoms with Crippen molar-refractivity contribution in [3.63, 3.8) is 0 Å². The highest BCUT2D eigenvalue weighted by Crippen LogP contribution is 2.09. The van der Waals surface area contributed by atoms with Crippen LogP contribution in [0.1, 0.15) is 45.4 Å². The second-order valence-corrected chi connectivity index (χ2v) is 3.43. The summed E-state index contributed by atoms with van der Waals surface area (Å²) in [5.41, 5.74) is 0. The Bertz CT molecular complexity index is 136. The zero-order valence-corrected chi connectivity index (χ0v) is 8.74. The van der Waals surface area contributed by atoms with Crippen molar-refractivity contribution < 1.29 is 0 Å². The standard InChI is InChI=1S/C11H19Cl/c1-3-5-6-7-8-9-10-11(12)4-2/h4,10H,2-3,5-9H2,1H3/b11-10-. The van der Waals surface area contributed by atoms with Crippen LogP contribution in [0.5, 0.6) is 0 Å². The number of hydrogen-bond acceptors (Lipinski definition) is 0. The van der Waals surface area contributed by atoms with Crippen molar-refractivity contribution in [3.8, 4) is 0 Å². The molecular formula is C11H19Cl. The predicted molar refractivity (Wildman–Crippen MR) is 57.5 cm³/mol. The van der Waals surface area contributed by atoms with E-state index in [0.29, 0.717) is 0 Å². The first-order chi connectivity index (χ1) is 5.81. The monoisotopic (exact) mass is 186 g/mol. The largest absolute Gasteiger partial charge is 0.0976 e. The summed E-state index contributed by atoms with van der Waals surface area (Å²) in [5.74, 6) is 0. The van der Waals surface area contributed by atoms with Gasteiger partial charge in [0.25, 0.3) is 0 Å². The van der Waals surface area contributed by atoms with E-state index in [1.807, 2.05) is 6.08 Å². The van der Waals surface area contributed by atoms with E-state index in [2.05, 4.69) is 13.5 Å². The summed E-state index contributed by atoms with van der Waals surface area (Å²) in [4.78, 5) is 0. The minimum absolute atomic E-state index is 0.783. The third-order valence-corrected chi connectivity index (χ3v) is 2.15. The summed E-state index contributed by atoms with van der Waals surface area (Å²) in [6.45, 7) is 5.82. The SMILES string of the molecule is C=C/C(Cl)=C/CCCCCCC. The van der Waals surface area contributed by atoms with Crippen LogP contribution >= 0.6 is 11.6 Å². The van der Waals surface area contributed by atoms with Crippen LogP contribution in [0.3, 0.4) is 0 Å². The summed E-state index contributed by atoms with van der Waals surface area (Å²) in [6, 6.07) is 0. The Hall–Kier alpha value is -0.230. The Morgan fingerprint density at radius 1 is 1.25 bits per heavy atom. The Labute approximate surface area is 81.3 Å². The summed E-state index contributed by atoms with van der Waals surface area (Å²) in [6.07, 6.45) is 11.4. The molecule has 0 saturated heterocycles. The average molecular weight is 187 g/mol. The van der Waals surface area contributed by atoms with Crippen molar-refractivity contribution in [3.05, 3.63) is 23.8 Å². The molecule has 0 aromatic rings. The molecule has 0 aliphatic rings. The highest BCUT2D eigenvalue weighted by Gasteiger charge is 1.87. The van der Waals surface area contributed by atoms with Gasteiger partial charge >= 0.3 is 0 Å². The molecule has 1 heteroatoms. The smallest absolute Gasteiger partial charge is 0.0360 e. The zero-order chi connectivity index (χ0) is 9.23. The van der Waals surface area contributed by atoms with Crippen LogP contribution in [0, 0.1) is 0 Å². The van der Waals surface area contributed by atoms with E-state index in [9.17, 15) is 0 Å². The van der Waals surface area contributed by atoms with Crippen LogP contribution in [0.2, 0.25) is 0 Å². The zero-order valence-electron chi connectivity index (χ0n) is 7.98. The first-order valence-electron chi connectivity index (χ1n) is 4.79.